The highest BCUT2D eigenvalue weighted by Gasteiger charge is 2.79. The predicted octanol–water partition coefficient (Wildman–Crippen LogP) is -1.54. The molecule has 9 nitrogen and oxygen atoms in total. The highest BCUT2D eigenvalue weighted by molar-refractivity contribution is 7.92. The van der Waals surface area contributed by atoms with E-state index in [1.807, 2.05) is 0 Å². The van der Waals surface area contributed by atoms with Crippen molar-refractivity contribution in [3.05, 3.63) is 0 Å². The van der Waals surface area contributed by atoms with Crippen LogP contribution in [-0.4, -0.2) is 59.1 Å². The van der Waals surface area contributed by atoms with E-state index in [1.54, 1.807) is 13.8 Å². The van der Waals surface area contributed by atoms with Gasteiger partial charge in [0.25, 0.3) is 0 Å². The number of nitrogens with two attached hydrogens (primary N) is 1. The molecule has 1 aliphatic carbocycles. The van der Waals surface area contributed by atoms with Gasteiger partial charge in [-0.15, -0.1) is 12.4 Å². The maximum atomic E-state index is 12.1. The van der Waals surface area contributed by atoms with E-state index in [2.05, 4.69) is 5.32 Å². The van der Waals surface area contributed by atoms with Gasteiger partial charge in [-0.05, 0) is 5.92 Å². The summed E-state index contributed by atoms with van der Waals surface area (Å²) < 4.78 is 24.0. The number of aliphatic carboxylic acids is 2. The Hall–Kier alpha value is -1.39. The Bertz CT molecular complexity index is 650. The number of hydrogen-bond donors (Lipinski definition) is 4. The standard InChI is InChI=1S/C12H18N2O7S.ClH/c1-4(2)7(13)9(15)14-12(11(18)19)3-22(20,21)8-5(6(8)12)10(16)17;/h4-8H,3,13H2,1-2H3,(H,14,15)(H,16,17)(H,18,19);1H/t5-,6-,7?,8+,12+;/m1./s1. The van der Waals surface area contributed by atoms with Gasteiger partial charge in [-0.2, -0.15) is 0 Å². The van der Waals surface area contributed by atoms with Crippen LogP contribution in [0.3, 0.4) is 0 Å². The van der Waals surface area contributed by atoms with Crippen LogP contribution in [0.2, 0.25) is 0 Å². The molecule has 1 saturated heterocycles. The van der Waals surface area contributed by atoms with Crippen molar-refractivity contribution >= 4 is 40.1 Å². The summed E-state index contributed by atoms with van der Waals surface area (Å²) in [5.74, 6) is -7.33. The molecule has 0 spiro atoms. The van der Waals surface area contributed by atoms with Crippen molar-refractivity contribution in [2.24, 2.45) is 23.5 Å². The van der Waals surface area contributed by atoms with Crippen molar-refractivity contribution in [3.8, 4) is 0 Å². The van der Waals surface area contributed by atoms with Crippen molar-refractivity contribution < 1.29 is 33.0 Å². The normalized spacial score (nSPS) is 34.9. The second-order valence-electron chi connectivity index (χ2n) is 6.20. The second kappa shape index (κ2) is 5.91. The first kappa shape index (κ1) is 19.7. The van der Waals surface area contributed by atoms with Gasteiger partial charge in [-0.1, -0.05) is 13.8 Å². The van der Waals surface area contributed by atoms with Gasteiger partial charge in [0.1, 0.15) is 0 Å². The number of carbonyl (C=O) groups is 3. The average molecular weight is 371 g/mol. The average Bonchev–Trinajstić information content (AvgIpc) is 3.08. The maximum absolute atomic E-state index is 12.1. The number of carboxylic acids is 2. The first-order chi connectivity index (χ1) is 9.95. The Labute approximate surface area is 138 Å². The van der Waals surface area contributed by atoms with Crippen LogP contribution in [-0.2, 0) is 24.2 Å². The lowest BCUT2D eigenvalue weighted by Crippen LogP contribution is -2.62. The molecule has 11 heteroatoms. The lowest BCUT2D eigenvalue weighted by molar-refractivity contribution is -0.148. The monoisotopic (exact) mass is 370 g/mol. The van der Waals surface area contributed by atoms with E-state index in [1.165, 1.54) is 0 Å². The molecule has 0 radical (unpaired) electrons. The molecule has 0 bridgehead atoms. The molecule has 1 saturated carbocycles. The minimum absolute atomic E-state index is 0. The largest absolute Gasteiger partial charge is 0.481 e. The summed E-state index contributed by atoms with van der Waals surface area (Å²) in [6, 6.07) is -1.01. The number of halogens is 1. The van der Waals surface area contributed by atoms with Gasteiger partial charge in [0.15, 0.2) is 15.4 Å². The third-order valence-corrected chi connectivity index (χ3v) is 6.67. The third kappa shape index (κ3) is 2.90. The van der Waals surface area contributed by atoms with Crippen molar-refractivity contribution in [3.63, 3.8) is 0 Å². The molecule has 2 aliphatic rings. The van der Waals surface area contributed by atoms with Gasteiger partial charge in [0.2, 0.25) is 5.91 Å². The summed E-state index contributed by atoms with van der Waals surface area (Å²) >= 11 is 0. The molecule has 1 aliphatic heterocycles. The summed E-state index contributed by atoms with van der Waals surface area (Å²) in [6.07, 6.45) is 0. The summed E-state index contributed by atoms with van der Waals surface area (Å²) in [5.41, 5.74) is 3.52. The molecule has 1 unspecified atom stereocenters. The second-order valence-corrected chi connectivity index (χ2v) is 8.36. The van der Waals surface area contributed by atoms with E-state index < -0.39 is 62.1 Å². The Balaban J connectivity index is 0.00000264. The van der Waals surface area contributed by atoms with Crippen molar-refractivity contribution in [1.29, 1.82) is 0 Å². The summed E-state index contributed by atoms with van der Waals surface area (Å²) in [4.78, 5) is 34.8. The molecule has 0 aromatic heterocycles. The first-order valence-corrected chi connectivity index (χ1v) is 8.42. The molecular weight excluding hydrogens is 352 g/mol. The molecule has 23 heavy (non-hydrogen) atoms. The van der Waals surface area contributed by atoms with Crippen LogP contribution in [0.25, 0.3) is 0 Å². The first-order valence-electron chi connectivity index (χ1n) is 6.71. The fraction of sp³-hybridized carbons (Fsp3) is 0.750. The van der Waals surface area contributed by atoms with Crippen LogP contribution in [0.1, 0.15) is 13.8 Å². The Morgan fingerprint density at radius 1 is 1.26 bits per heavy atom. The highest BCUT2D eigenvalue weighted by atomic mass is 35.5. The van der Waals surface area contributed by atoms with Crippen LogP contribution in [0.5, 0.6) is 0 Å². The zero-order valence-electron chi connectivity index (χ0n) is 12.4. The molecule has 0 aromatic rings. The van der Waals surface area contributed by atoms with Gasteiger partial charge in [-0.3, -0.25) is 9.59 Å². The van der Waals surface area contributed by atoms with E-state index in [-0.39, 0.29) is 18.3 Å². The van der Waals surface area contributed by atoms with E-state index in [9.17, 15) is 27.9 Å². The fourth-order valence-corrected chi connectivity index (χ4v) is 5.81. The van der Waals surface area contributed by atoms with Crippen LogP contribution in [0.4, 0.5) is 0 Å². The van der Waals surface area contributed by atoms with Crippen molar-refractivity contribution in [2.75, 3.05) is 5.75 Å². The van der Waals surface area contributed by atoms with Gasteiger partial charge in [0, 0.05) is 5.92 Å². The van der Waals surface area contributed by atoms with Crippen molar-refractivity contribution in [1.82, 2.24) is 5.32 Å². The number of hydrogen-bond acceptors (Lipinski definition) is 6. The van der Waals surface area contributed by atoms with Gasteiger partial charge in [0.05, 0.1) is 23.0 Å². The number of fused-ring (bicyclic) bond motifs is 1. The molecule has 2 rings (SSSR count). The smallest absolute Gasteiger partial charge is 0.330 e. The lowest BCUT2D eigenvalue weighted by Gasteiger charge is -2.29. The number of sulfone groups is 1. The third-order valence-electron chi connectivity index (χ3n) is 4.40. The fourth-order valence-electron chi connectivity index (χ4n) is 3.10. The van der Waals surface area contributed by atoms with Crippen molar-refractivity contribution in [2.45, 2.75) is 30.7 Å². The van der Waals surface area contributed by atoms with Crippen LogP contribution in [0.15, 0.2) is 0 Å². The van der Waals surface area contributed by atoms with E-state index in [4.69, 9.17) is 10.8 Å². The zero-order valence-corrected chi connectivity index (χ0v) is 14.1. The van der Waals surface area contributed by atoms with E-state index in [0.29, 0.717) is 0 Å². The maximum Gasteiger partial charge on any atom is 0.330 e. The molecule has 0 aromatic carbocycles. The SMILES string of the molecule is CC(C)C(N)C(=O)N[C@@]1(C(=O)O)CS(=O)(=O)[C@H]2[C@H](C(=O)O)[C@H]21.Cl. The summed E-state index contributed by atoms with van der Waals surface area (Å²) in [7, 11) is -3.91. The number of amides is 1. The Morgan fingerprint density at radius 3 is 2.13 bits per heavy atom. The Kier molecular flexibility index (Phi) is 5.05. The quantitative estimate of drug-likeness (QED) is 0.452. The molecule has 5 atom stereocenters. The van der Waals surface area contributed by atoms with Crippen LogP contribution >= 0.6 is 12.4 Å². The van der Waals surface area contributed by atoms with Crippen LogP contribution in [0, 0.1) is 17.8 Å². The minimum Gasteiger partial charge on any atom is -0.481 e. The van der Waals surface area contributed by atoms with E-state index in [0.717, 1.165) is 0 Å². The molecule has 2 fully saturated rings. The number of rotatable bonds is 5. The number of nitrogens with one attached hydrogen (secondary N) is 1. The number of carboxylic acid groups (broad SMARTS) is 2. The van der Waals surface area contributed by atoms with Crippen LogP contribution < -0.4 is 11.1 Å². The van der Waals surface area contributed by atoms with Gasteiger partial charge < -0.3 is 21.3 Å². The summed E-state index contributed by atoms with van der Waals surface area (Å²) in [6.45, 7) is 3.31. The molecule has 5 N–H and O–H groups in total. The lowest BCUT2D eigenvalue weighted by atomic mass is 9.92. The molecule has 132 valence electrons. The highest BCUT2D eigenvalue weighted by Crippen LogP contribution is 2.57. The molecule has 1 amide bonds. The van der Waals surface area contributed by atoms with Gasteiger partial charge >= 0.3 is 11.9 Å². The molecular formula is C12H19ClN2O7S. The summed E-state index contributed by atoms with van der Waals surface area (Å²) in [5, 5.41) is 19.4. The van der Waals surface area contributed by atoms with E-state index >= 15 is 0 Å². The predicted molar refractivity (Wildman–Crippen MR) is 80.8 cm³/mol. The van der Waals surface area contributed by atoms with Gasteiger partial charge in [-0.25, -0.2) is 13.2 Å². The minimum atomic E-state index is -3.91. The Morgan fingerprint density at radius 2 is 1.78 bits per heavy atom. The zero-order chi connectivity index (χ0) is 17.0. The molecule has 1 heterocycles. The number of carbonyl (C=O) groups excluding carboxylic acids is 1. The topological polar surface area (TPSA) is 164 Å².